The average molecular weight is 365 g/mol. The Kier molecular flexibility index (Phi) is 5.51. The van der Waals surface area contributed by atoms with Gasteiger partial charge in [-0.3, -0.25) is 4.79 Å². The Morgan fingerprint density at radius 3 is 2.48 bits per heavy atom. The predicted octanol–water partition coefficient (Wildman–Crippen LogP) is 2.45. The molecule has 0 aliphatic heterocycles. The Bertz CT molecular complexity index is 951. The van der Waals surface area contributed by atoms with Crippen LogP contribution < -0.4 is 10.1 Å². The molecule has 1 aromatic heterocycles. The first kappa shape index (κ1) is 18.2. The van der Waals surface area contributed by atoms with Gasteiger partial charge in [0, 0.05) is 18.8 Å². The third kappa shape index (κ3) is 3.98. The Balaban J connectivity index is 2.06. The number of nitrogens with one attached hydrogen (secondary N) is 1. The van der Waals surface area contributed by atoms with Crippen molar-refractivity contribution in [2.75, 3.05) is 20.8 Å². The zero-order valence-corrected chi connectivity index (χ0v) is 15.0. The summed E-state index contributed by atoms with van der Waals surface area (Å²) in [6.45, 7) is -0.364. The number of carbonyl (C=O) groups excluding carboxylic acids is 2. The fraction of sp³-hybridized carbons (Fsp3) is 0.150. The van der Waals surface area contributed by atoms with Gasteiger partial charge in [0.15, 0.2) is 6.61 Å². The average Bonchev–Trinajstić information content (AvgIpc) is 3.17. The smallest absolute Gasteiger partial charge is 0.342 e. The summed E-state index contributed by atoms with van der Waals surface area (Å²) in [4.78, 5) is 24.0. The van der Waals surface area contributed by atoms with Crippen molar-refractivity contribution >= 4 is 11.9 Å². The monoisotopic (exact) mass is 365 g/mol. The first-order valence-electron chi connectivity index (χ1n) is 8.30. The van der Waals surface area contributed by atoms with Gasteiger partial charge in [-0.05, 0) is 24.3 Å². The van der Waals surface area contributed by atoms with Crippen molar-refractivity contribution < 1.29 is 19.1 Å². The van der Waals surface area contributed by atoms with E-state index < -0.39 is 11.9 Å². The van der Waals surface area contributed by atoms with Crippen LogP contribution in [0.1, 0.15) is 10.4 Å². The van der Waals surface area contributed by atoms with Crippen LogP contribution in [0.2, 0.25) is 0 Å². The van der Waals surface area contributed by atoms with E-state index in [0.717, 1.165) is 5.69 Å². The summed E-state index contributed by atoms with van der Waals surface area (Å²) in [6, 6.07) is 16.7. The van der Waals surface area contributed by atoms with Crippen LogP contribution in [-0.4, -0.2) is 42.4 Å². The molecule has 27 heavy (non-hydrogen) atoms. The molecule has 1 amide bonds. The van der Waals surface area contributed by atoms with Crippen LogP contribution in [0.4, 0.5) is 0 Å². The van der Waals surface area contributed by atoms with Gasteiger partial charge in [0.05, 0.1) is 12.8 Å². The molecule has 0 unspecified atom stereocenters. The minimum absolute atomic E-state index is 0.243. The molecule has 0 saturated carbocycles. The lowest BCUT2D eigenvalue weighted by atomic mass is 10.1. The molecule has 2 aromatic carbocycles. The SMILES string of the molecule is CNC(=O)COC(=O)c1cn(-c2ccccc2)nc1-c1ccccc1OC. The van der Waals surface area contributed by atoms with Gasteiger partial charge in [0.25, 0.3) is 5.91 Å². The number of hydrogen-bond donors (Lipinski definition) is 1. The molecule has 1 heterocycles. The zero-order valence-electron chi connectivity index (χ0n) is 15.0. The fourth-order valence-electron chi connectivity index (χ4n) is 2.56. The van der Waals surface area contributed by atoms with Gasteiger partial charge in [-0.1, -0.05) is 30.3 Å². The third-order valence-corrected chi connectivity index (χ3v) is 3.93. The van der Waals surface area contributed by atoms with Crippen LogP contribution >= 0.6 is 0 Å². The highest BCUT2D eigenvalue weighted by Gasteiger charge is 2.22. The molecule has 3 aromatic rings. The van der Waals surface area contributed by atoms with Gasteiger partial charge in [0.1, 0.15) is 17.0 Å². The summed E-state index contributed by atoms with van der Waals surface area (Å²) in [5.41, 5.74) is 2.10. The zero-order chi connectivity index (χ0) is 19.2. The molecule has 0 spiro atoms. The van der Waals surface area contributed by atoms with Crippen molar-refractivity contribution in [2.24, 2.45) is 0 Å². The van der Waals surface area contributed by atoms with E-state index in [2.05, 4.69) is 10.4 Å². The van der Waals surface area contributed by atoms with Crippen LogP contribution in [0, 0.1) is 0 Å². The lowest BCUT2D eigenvalue weighted by molar-refractivity contribution is -0.123. The van der Waals surface area contributed by atoms with Crippen molar-refractivity contribution in [3.05, 3.63) is 66.4 Å². The number of rotatable bonds is 6. The van der Waals surface area contributed by atoms with Crippen molar-refractivity contribution in [2.45, 2.75) is 0 Å². The molecule has 0 aliphatic carbocycles. The molecular weight excluding hydrogens is 346 g/mol. The van der Waals surface area contributed by atoms with Crippen LogP contribution in [-0.2, 0) is 9.53 Å². The Labute approximate surface area is 156 Å². The van der Waals surface area contributed by atoms with E-state index in [1.165, 1.54) is 7.05 Å². The van der Waals surface area contributed by atoms with E-state index in [1.54, 1.807) is 24.1 Å². The Morgan fingerprint density at radius 2 is 1.78 bits per heavy atom. The first-order chi connectivity index (χ1) is 13.1. The lowest BCUT2D eigenvalue weighted by Crippen LogP contribution is -2.25. The molecule has 138 valence electrons. The molecule has 0 aliphatic rings. The number of carbonyl (C=O) groups is 2. The van der Waals surface area contributed by atoms with Gasteiger partial charge in [0.2, 0.25) is 0 Å². The Morgan fingerprint density at radius 1 is 1.07 bits per heavy atom. The number of para-hydroxylation sites is 2. The van der Waals surface area contributed by atoms with Gasteiger partial charge in [-0.15, -0.1) is 0 Å². The summed E-state index contributed by atoms with van der Waals surface area (Å²) >= 11 is 0. The van der Waals surface area contributed by atoms with Crippen molar-refractivity contribution in [1.82, 2.24) is 15.1 Å². The van der Waals surface area contributed by atoms with Crippen LogP contribution in [0.25, 0.3) is 16.9 Å². The highest BCUT2D eigenvalue weighted by Crippen LogP contribution is 2.32. The normalized spacial score (nSPS) is 10.3. The number of amides is 1. The largest absolute Gasteiger partial charge is 0.496 e. The van der Waals surface area contributed by atoms with Gasteiger partial charge >= 0.3 is 5.97 Å². The summed E-state index contributed by atoms with van der Waals surface area (Å²) in [7, 11) is 3.03. The third-order valence-electron chi connectivity index (χ3n) is 3.93. The molecule has 0 fully saturated rings. The molecular formula is C20H19N3O4. The quantitative estimate of drug-likeness (QED) is 0.679. The number of esters is 1. The topological polar surface area (TPSA) is 82.5 Å². The highest BCUT2D eigenvalue weighted by molar-refractivity contribution is 5.98. The lowest BCUT2D eigenvalue weighted by Gasteiger charge is -2.08. The second kappa shape index (κ2) is 8.18. The van der Waals surface area contributed by atoms with Crippen molar-refractivity contribution in [1.29, 1.82) is 0 Å². The Hall–Kier alpha value is -3.61. The minimum Gasteiger partial charge on any atom is -0.496 e. The molecule has 3 rings (SSSR count). The van der Waals surface area contributed by atoms with E-state index in [1.807, 2.05) is 48.5 Å². The number of aromatic nitrogens is 2. The molecule has 0 radical (unpaired) electrons. The molecule has 7 nitrogen and oxygen atoms in total. The second-order valence-corrected chi connectivity index (χ2v) is 5.62. The maximum atomic E-state index is 12.6. The summed E-state index contributed by atoms with van der Waals surface area (Å²) < 4.78 is 12.1. The maximum Gasteiger partial charge on any atom is 0.342 e. The van der Waals surface area contributed by atoms with Gasteiger partial charge in [-0.2, -0.15) is 5.10 Å². The van der Waals surface area contributed by atoms with Crippen molar-refractivity contribution in [3.63, 3.8) is 0 Å². The summed E-state index contributed by atoms with van der Waals surface area (Å²) in [6.07, 6.45) is 1.59. The summed E-state index contributed by atoms with van der Waals surface area (Å²) in [5, 5.41) is 6.97. The van der Waals surface area contributed by atoms with Crippen LogP contribution in [0.3, 0.4) is 0 Å². The van der Waals surface area contributed by atoms with Crippen LogP contribution in [0.15, 0.2) is 60.8 Å². The molecule has 1 N–H and O–H groups in total. The van der Waals surface area contributed by atoms with Crippen LogP contribution in [0.5, 0.6) is 5.75 Å². The number of methoxy groups -OCH3 is 1. The number of benzene rings is 2. The highest BCUT2D eigenvalue weighted by atomic mass is 16.5. The number of ether oxygens (including phenoxy) is 2. The standard InChI is InChI=1S/C20H19N3O4/c1-21-18(24)13-27-20(25)16-12-23(14-8-4-3-5-9-14)22-19(16)15-10-6-7-11-17(15)26-2/h3-12H,13H2,1-2H3,(H,21,24). The minimum atomic E-state index is -0.637. The molecule has 7 heteroatoms. The van der Waals surface area contributed by atoms with Gasteiger partial charge < -0.3 is 14.8 Å². The van der Waals surface area contributed by atoms with E-state index in [4.69, 9.17) is 9.47 Å². The molecule has 0 saturated heterocycles. The van der Waals surface area contributed by atoms with E-state index in [-0.39, 0.29) is 12.2 Å². The first-order valence-corrected chi connectivity index (χ1v) is 8.30. The maximum absolute atomic E-state index is 12.6. The molecule has 0 atom stereocenters. The predicted molar refractivity (Wildman–Crippen MR) is 99.9 cm³/mol. The van der Waals surface area contributed by atoms with E-state index >= 15 is 0 Å². The molecule has 0 bridgehead atoms. The summed E-state index contributed by atoms with van der Waals surface area (Å²) in [5.74, 6) is -0.449. The van der Waals surface area contributed by atoms with Gasteiger partial charge in [-0.25, -0.2) is 9.48 Å². The number of hydrogen-bond acceptors (Lipinski definition) is 5. The fourth-order valence-corrected chi connectivity index (χ4v) is 2.56. The second-order valence-electron chi connectivity index (χ2n) is 5.62. The number of likely N-dealkylation sites (N-methyl/N-ethyl adjacent to an activating group) is 1. The van der Waals surface area contributed by atoms with E-state index in [0.29, 0.717) is 17.0 Å². The van der Waals surface area contributed by atoms with E-state index in [9.17, 15) is 9.59 Å². The number of nitrogens with zero attached hydrogens (tertiary/aromatic N) is 2. The van der Waals surface area contributed by atoms with Crippen molar-refractivity contribution in [3.8, 4) is 22.7 Å².